The van der Waals surface area contributed by atoms with Crippen LogP contribution in [0.3, 0.4) is 0 Å². The van der Waals surface area contributed by atoms with Gasteiger partial charge in [0.15, 0.2) is 12.2 Å². The molecule has 1 heterocycles. The second-order valence-corrected chi connectivity index (χ2v) is 5.03. The van der Waals surface area contributed by atoms with Crippen LogP contribution < -0.4 is 11.2 Å². The summed E-state index contributed by atoms with van der Waals surface area (Å²) in [5.74, 6) is -0.0268. The summed E-state index contributed by atoms with van der Waals surface area (Å²) in [4.78, 5) is 32.4. The molecule has 1 rings (SSSR count). The molecule has 1 aromatic rings. The van der Waals surface area contributed by atoms with E-state index in [1.54, 1.807) is 12.4 Å². The molecule has 0 amide bonds. The average Bonchev–Trinajstić information content (AvgIpc) is 2.30. The van der Waals surface area contributed by atoms with E-state index in [9.17, 15) is 9.36 Å². The smallest absolute Gasteiger partial charge is 0.345 e. The predicted molar refractivity (Wildman–Crippen MR) is 61.2 cm³/mol. The third-order valence-electron chi connectivity index (χ3n) is 2.04. The largest absolute Gasteiger partial charge is 0.351 e. The first-order valence-corrected chi connectivity index (χ1v) is 6.82. The molecule has 4 N–H and O–H groups in total. The molecule has 0 aliphatic heterocycles. The first-order chi connectivity index (χ1) is 8.37. The minimum atomic E-state index is -4.29. The minimum Gasteiger partial charge on any atom is -0.345 e. The lowest BCUT2D eigenvalue weighted by molar-refractivity contribution is 0.0159. The Bertz CT molecular complexity index is 498. The molecule has 10 heteroatoms. The number of nitrogens with zero attached hydrogens (tertiary/aromatic N) is 2. The molecule has 0 saturated carbocycles. The quantitative estimate of drug-likeness (QED) is 0.425. The standard InChI is InChI=1S/C8H14N3O6P/c1-2-7(17-5-18(14,15)16)11-4-3-6(10-13)9-8(11)12/h3-4,7,13H,2,5H2,1H3,(H,9,10,12)(H2,14,15,16). The van der Waals surface area contributed by atoms with Crippen molar-refractivity contribution in [3.63, 3.8) is 0 Å². The molecular weight excluding hydrogens is 265 g/mol. The Labute approximate surface area is 102 Å². The van der Waals surface area contributed by atoms with Gasteiger partial charge in [0.05, 0.1) is 0 Å². The van der Waals surface area contributed by atoms with E-state index in [1.807, 2.05) is 0 Å². The summed E-state index contributed by atoms with van der Waals surface area (Å²) in [7, 11) is -4.29. The van der Waals surface area contributed by atoms with Gasteiger partial charge < -0.3 is 14.5 Å². The summed E-state index contributed by atoms with van der Waals surface area (Å²) < 4.78 is 16.7. The van der Waals surface area contributed by atoms with E-state index in [4.69, 9.17) is 19.7 Å². The van der Waals surface area contributed by atoms with Crippen molar-refractivity contribution >= 4 is 13.4 Å². The van der Waals surface area contributed by atoms with E-state index in [0.29, 0.717) is 6.42 Å². The molecule has 1 aromatic heterocycles. The fourth-order valence-electron chi connectivity index (χ4n) is 1.27. The maximum atomic E-state index is 11.6. The molecule has 0 saturated heterocycles. The van der Waals surface area contributed by atoms with Crippen LogP contribution in [0.15, 0.2) is 17.1 Å². The van der Waals surface area contributed by atoms with Crippen molar-refractivity contribution in [1.82, 2.24) is 9.55 Å². The SMILES string of the molecule is CCC(OCP(=O)(O)O)n1ccc(NO)nc1=O. The van der Waals surface area contributed by atoms with E-state index in [1.165, 1.54) is 12.3 Å². The lowest BCUT2D eigenvalue weighted by atomic mass is 10.4. The maximum absolute atomic E-state index is 11.6. The Hall–Kier alpha value is -1.25. The van der Waals surface area contributed by atoms with Crippen molar-refractivity contribution in [3.8, 4) is 0 Å². The Morgan fingerprint density at radius 3 is 2.72 bits per heavy atom. The van der Waals surface area contributed by atoms with Crippen LogP contribution in [-0.4, -0.2) is 30.9 Å². The summed E-state index contributed by atoms with van der Waals surface area (Å²) in [5.41, 5.74) is 1.02. The predicted octanol–water partition coefficient (Wildman–Crippen LogP) is 0.105. The second-order valence-electron chi connectivity index (χ2n) is 3.44. The van der Waals surface area contributed by atoms with Crippen LogP contribution in [0.4, 0.5) is 5.82 Å². The Morgan fingerprint density at radius 2 is 2.28 bits per heavy atom. The van der Waals surface area contributed by atoms with Gasteiger partial charge in [-0.2, -0.15) is 4.98 Å². The van der Waals surface area contributed by atoms with Gasteiger partial charge in [0.1, 0.15) is 6.23 Å². The van der Waals surface area contributed by atoms with Crippen LogP contribution in [0, 0.1) is 0 Å². The maximum Gasteiger partial charge on any atom is 0.351 e. The van der Waals surface area contributed by atoms with E-state index >= 15 is 0 Å². The van der Waals surface area contributed by atoms with Gasteiger partial charge in [0.2, 0.25) is 0 Å². The van der Waals surface area contributed by atoms with Crippen molar-refractivity contribution in [2.75, 3.05) is 11.8 Å². The molecule has 0 spiro atoms. The van der Waals surface area contributed by atoms with Gasteiger partial charge in [-0.1, -0.05) is 6.92 Å². The van der Waals surface area contributed by atoms with E-state index < -0.39 is 25.9 Å². The topological polar surface area (TPSA) is 134 Å². The number of hydrogen-bond acceptors (Lipinski definition) is 6. The van der Waals surface area contributed by atoms with E-state index in [-0.39, 0.29) is 5.82 Å². The first-order valence-electron chi connectivity index (χ1n) is 5.03. The fraction of sp³-hybridized carbons (Fsp3) is 0.500. The lowest BCUT2D eigenvalue weighted by Gasteiger charge is -2.18. The highest BCUT2D eigenvalue weighted by molar-refractivity contribution is 7.51. The number of hydrogen-bond donors (Lipinski definition) is 4. The molecule has 1 unspecified atom stereocenters. The van der Waals surface area contributed by atoms with Gasteiger partial charge in [-0.15, -0.1) is 0 Å². The molecule has 102 valence electrons. The van der Waals surface area contributed by atoms with Crippen LogP contribution in [0.5, 0.6) is 0 Å². The Kier molecular flexibility index (Phi) is 5.00. The summed E-state index contributed by atoms with van der Waals surface area (Å²) in [6, 6.07) is 1.32. The van der Waals surface area contributed by atoms with Crippen molar-refractivity contribution in [2.24, 2.45) is 0 Å². The molecular formula is C8H14N3O6P. The highest BCUT2D eigenvalue weighted by Crippen LogP contribution is 2.35. The number of nitrogens with one attached hydrogen (secondary N) is 1. The van der Waals surface area contributed by atoms with Crippen molar-refractivity contribution in [3.05, 3.63) is 22.7 Å². The summed E-state index contributed by atoms with van der Waals surface area (Å²) in [6.45, 7) is 1.69. The molecule has 9 nitrogen and oxygen atoms in total. The van der Waals surface area contributed by atoms with Crippen LogP contribution in [0.1, 0.15) is 19.6 Å². The van der Waals surface area contributed by atoms with Gasteiger partial charge >= 0.3 is 13.3 Å². The minimum absolute atomic E-state index is 0.0268. The zero-order valence-electron chi connectivity index (χ0n) is 9.55. The van der Waals surface area contributed by atoms with Gasteiger partial charge in [-0.05, 0) is 12.5 Å². The highest BCUT2D eigenvalue weighted by Gasteiger charge is 2.18. The fourth-order valence-corrected chi connectivity index (χ4v) is 1.64. The molecule has 18 heavy (non-hydrogen) atoms. The molecule has 0 fully saturated rings. The van der Waals surface area contributed by atoms with Crippen molar-refractivity contribution in [2.45, 2.75) is 19.6 Å². The third-order valence-corrected chi connectivity index (χ3v) is 2.52. The van der Waals surface area contributed by atoms with E-state index in [2.05, 4.69) is 4.98 Å². The summed E-state index contributed by atoms with van der Waals surface area (Å²) in [6.07, 6.45) is 0.0260. The molecule has 0 bridgehead atoms. The highest BCUT2D eigenvalue weighted by atomic mass is 31.2. The number of rotatable bonds is 6. The molecule has 0 aliphatic rings. The molecule has 0 radical (unpaired) electrons. The zero-order chi connectivity index (χ0) is 13.8. The molecule has 1 atom stereocenters. The monoisotopic (exact) mass is 279 g/mol. The average molecular weight is 279 g/mol. The zero-order valence-corrected chi connectivity index (χ0v) is 10.4. The van der Waals surface area contributed by atoms with Crippen molar-refractivity contribution < 1.29 is 24.3 Å². The van der Waals surface area contributed by atoms with Crippen LogP contribution in [0.2, 0.25) is 0 Å². The van der Waals surface area contributed by atoms with Crippen LogP contribution in [0.25, 0.3) is 0 Å². The van der Waals surface area contributed by atoms with Crippen molar-refractivity contribution in [1.29, 1.82) is 0 Å². The van der Waals surface area contributed by atoms with Crippen LogP contribution >= 0.6 is 7.60 Å². The first kappa shape index (κ1) is 14.8. The second kappa shape index (κ2) is 6.07. The molecule has 0 aromatic carbocycles. The number of ether oxygens (including phenoxy) is 1. The normalized spacial score (nSPS) is 13.3. The molecule has 0 aliphatic carbocycles. The summed E-state index contributed by atoms with van der Waals surface area (Å²) >= 11 is 0. The van der Waals surface area contributed by atoms with Gasteiger partial charge in [0, 0.05) is 6.20 Å². The number of anilines is 1. The van der Waals surface area contributed by atoms with E-state index in [0.717, 1.165) is 4.57 Å². The Balaban J connectivity index is 2.89. The van der Waals surface area contributed by atoms with Gasteiger partial charge in [0.25, 0.3) is 0 Å². The number of aromatic nitrogens is 2. The van der Waals surface area contributed by atoms with Crippen LogP contribution in [-0.2, 0) is 9.30 Å². The van der Waals surface area contributed by atoms with Gasteiger partial charge in [-0.25, -0.2) is 4.79 Å². The third kappa shape index (κ3) is 4.21. The van der Waals surface area contributed by atoms with Gasteiger partial charge in [-0.3, -0.25) is 19.8 Å². The Morgan fingerprint density at radius 1 is 1.61 bits per heavy atom. The summed E-state index contributed by atoms with van der Waals surface area (Å²) in [5, 5.41) is 8.56. The lowest BCUT2D eigenvalue weighted by Crippen LogP contribution is -2.28.